The molecule has 1 nitrogen and oxygen atoms in total. The van der Waals surface area contributed by atoms with Crippen LogP contribution in [-0.4, -0.2) is 0 Å². The lowest BCUT2D eigenvalue weighted by molar-refractivity contribution is 0.690. The van der Waals surface area contributed by atoms with Gasteiger partial charge in [-0.25, -0.2) is 0 Å². The molecule has 0 aromatic heterocycles. The fraction of sp³-hybridized carbons (Fsp3) is 0.417. The average molecular weight is 208 g/mol. The summed E-state index contributed by atoms with van der Waals surface area (Å²) in [5.41, 5.74) is 1.29. The third-order valence-corrected chi connectivity index (χ3v) is 2.38. The number of nitriles is 1. The maximum atomic E-state index is 8.35. The van der Waals surface area contributed by atoms with Crippen LogP contribution in [0.1, 0.15) is 31.2 Å². The van der Waals surface area contributed by atoms with Crippen LogP contribution in [0.3, 0.4) is 0 Å². The van der Waals surface area contributed by atoms with Crippen molar-refractivity contribution in [2.75, 3.05) is 0 Å². The number of benzene rings is 1. The molecule has 1 aromatic carbocycles. The van der Waals surface area contributed by atoms with E-state index in [9.17, 15) is 0 Å². The second-order valence-corrected chi connectivity index (χ2v) is 3.79. The molecule has 0 N–H and O–H groups in total. The van der Waals surface area contributed by atoms with E-state index in [4.69, 9.17) is 16.9 Å². The van der Waals surface area contributed by atoms with Crippen LogP contribution in [0.25, 0.3) is 0 Å². The van der Waals surface area contributed by atoms with E-state index >= 15 is 0 Å². The Labute approximate surface area is 90.3 Å². The minimum atomic E-state index is 0.676. The Balaban J connectivity index is 2.22. The summed E-state index contributed by atoms with van der Waals surface area (Å²) in [6.45, 7) is 0. The van der Waals surface area contributed by atoms with E-state index in [1.165, 1.54) is 5.56 Å². The fourth-order valence-electron chi connectivity index (χ4n) is 1.40. The third-order valence-electron chi connectivity index (χ3n) is 2.14. The van der Waals surface area contributed by atoms with Gasteiger partial charge in [-0.1, -0.05) is 30.2 Å². The van der Waals surface area contributed by atoms with Crippen molar-refractivity contribution < 1.29 is 0 Å². The second kappa shape index (κ2) is 6.45. The Kier molecular flexibility index (Phi) is 5.11. The summed E-state index contributed by atoms with van der Waals surface area (Å²) in [7, 11) is 0. The molecule has 0 heterocycles. The topological polar surface area (TPSA) is 23.8 Å². The molecular formula is C12H14ClN. The zero-order valence-electron chi connectivity index (χ0n) is 8.17. The predicted molar refractivity (Wildman–Crippen MR) is 59.2 cm³/mol. The van der Waals surface area contributed by atoms with E-state index in [1.54, 1.807) is 0 Å². The van der Waals surface area contributed by atoms with Crippen molar-refractivity contribution >= 4 is 11.6 Å². The Bertz CT molecular complexity index is 314. The number of halogens is 1. The third kappa shape index (κ3) is 4.30. The summed E-state index contributed by atoms with van der Waals surface area (Å²) >= 11 is 5.86. The minimum Gasteiger partial charge on any atom is -0.198 e. The van der Waals surface area contributed by atoms with Crippen LogP contribution in [0.15, 0.2) is 24.3 Å². The van der Waals surface area contributed by atoms with Crippen LogP contribution >= 0.6 is 11.6 Å². The molecule has 0 aliphatic rings. The summed E-state index contributed by atoms with van der Waals surface area (Å²) in [5.74, 6) is 0. The van der Waals surface area contributed by atoms with Gasteiger partial charge >= 0.3 is 0 Å². The SMILES string of the molecule is N#CCCCCCc1cccc(Cl)c1. The molecule has 0 bridgehead atoms. The standard InChI is InChI=1S/C12H14ClN/c13-12-8-5-7-11(10-12)6-3-1-2-4-9-14/h5,7-8,10H,1-4,6H2. The molecule has 0 atom stereocenters. The largest absolute Gasteiger partial charge is 0.198 e. The zero-order valence-corrected chi connectivity index (χ0v) is 8.93. The van der Waals surface area contributed by atoms with Gasteiger partial charge in [0.15, 0.2) is 0 Å². The highest BCUT2D eigenvalue weighted by Crippen LogP contribution is 2.13. The Morgan fingerprint density at radius 2 is 2.07 bits per heavy atom. The highest BCUT2D eigenvalue weighted by Gasteiger charge is 1.94. The molecule has 0 saturated heterocycles. The normalized spacial score (nSPS) is 9.71. The minimum absolute atomic E-state index is 0.676. The van der Waals surface area contributed by atoms with Crippen LogP contribution in [-0.2, 0) is 6.42 Å². The Hall–Kier alpha value is -1.00. The quantitative estimate of drug-likeness (QED) is 0.671. The highest BCUT2D eigenvalue weighted by atomic mass is 35.5. The van der Waals surface area contributed by atoms with Gasteiger partial charge in [0.25, 0.3) is 0 Å². The molecular weight excluding hydrogens is 194 g/mol. The van der Waals surface area contributed by atoms with Gasteiger partial charge in [0.05, 0.1) is 6.07 Å². The molecule has 0 spiro atoms. The van der Waals surface area contributed by atoms with Crippen LogP contribution in [0.2, 0.25) is 5.02 Å². The molecule has 74 valence electrons. The highest BCUT2D eigenvalue weighted by molar-refractivity contribution is 6.30. The van der Waals surface area contributed by atoms with Gasteiger partial charge in [-0.2, -0.15) is 5.26 Å². The molecule has 2 heteroatoms. The maximum Gasteiger partial charge on any atom is 0.0621 e. The van der Waals surface area contributed by atoms with E-state index < -0.39 is 0 Å². The van der Waals surface area contributed by atoms with Gasteiger partial charge in [0.2, 0.25) is 0 Å². The molecule has 1 aromatic rings. The summed E-state index contributed by atoms with van der Waals surface area (Å²) < 4.78 is 0. The summed E-state index contributed by atoms with van der Waals surface area (Å²) in [4.78, 5) is 0. The van der Waals surface area contributed by atoms with Crippen molar-refractivity contribution in [2.24, 2.45) is 0 Å². The van der Waals surface area contributed by atoms with Crippen molar-refractivity contribution in [1.82, 2.24) is 0 Å². The Morgan fingerprint density at radius 3 is 2.79 bits per heavy atom. The number of hydrogen-bond acceptors (Lipinski definition) is 1. The molecule has 0 aliphatic heterocycles. The predicted octanol–water partition coefficient (Wildman–Crippen LogP) is 3.97. The second-order valence-electron chi connectivity index (χ2n) is 3.35. The molecule has 14 heavy (non-hydrogen) atoms. The lowest BCUT2D eigenvalue weighted by Crippen LogP contribution is -1.85. The average Bonchev–Trinajstić information content (AvgIpc) is 2.18. The van der Waals surface area contributed by atoms with Crippen LogP contribution in [0, 0.1) is 11.3 Å². The maximum absolute atomic E-state index is 8.35. The fourth-order valence-corrected chi connectivity index (χ4v) is 1.62. The van der Waals surface area contributed by atoms with Gasteiger partial charge in [0.1, 0.15) is 0 Å². The monoisotopic (exact) mass is 207 g/mol. The number of unbranched alkanes of at least 4 members (excludes halogenated alkanes) is 3. The molecule has 0 radical (unpaired) electrons. The van der Waals surface area contributed by atoms with Gasteiger partial charge in [-0.05, 0) is 37.0 Å². The zero-order chi connectivity index (χ0) is 10.2. The van der Waals surface area contributed by atoms with E-state index in [0.29, 0.717) is 6.42 Å². The van der Waals surface area contributed by atoms with Crippen LogP contribution < -0.4 is 0 Å². The summed E-state index contributed by atoms with van der Waals surface area (Å²) in [5, 5.41) is 9.16. The van der Waals surface area contributed by atoms with Crippen molar-refractivity contribution in [3.05, 3.63) is 34.9 Å². The molecule has 0 fully saturated rings. The van der Waals surface area contributed by atoms with Crippen molar-refractivity contribution in [1.29, 1.82) is 5.26 Å². The van der Waals surface area contributed by atoms with Crippen molar-refractivity contribution in [3.63, 3.8) is 0 Å². The van der Waals surface area contributed by atoms with E-state index in [0.717, 1.165) is 30.7 Å². The van der Waals surface area contributed by atoms with Gasteiger partial charge < -0.3 is 0 Å². The van der Waals surface area contributed by atoms with Gasteiger partial charge in [0, 0.05) is 11.4 Å². The van der Waals surface area contributed by atoms with Crippen molar-refractivity contribution in [2.45, 2.75) is 32.1 Å². The summed E-state index contributed by atoms with van der Waals surface area (Å²) in [6.07, 6.45) is 5.01. The number of nitrogens with zero attached hydrogens (tertiary/aromatic N) is 1. The van der Waals surface area contributed by atoms with E-state index in [1.807, 2.05) is 18.2 Å². The smallest absolute Gasteiger partial charge is 0.0621 e. The lowest BCUT2D eigenvalue weighted by Gasteiger charge is -2.00. The first kappa shape index (κ1) is 11.1. The summed E-state index contributed by atoms with van der Waals surface area (Å²) in [6, 6.07) is 10.1. The van der Waals surface area contributed by atoms with Gasteiger partial charge in [-0.3, -0.25) is 0 Å². The molecule has 1 rings (SSSR count). The molecule has 0 unspecified atom stereocenters. The van der Waals surface area contributed by atoms with Crippen LogP contribution in [0.4, 0.5) is 0 Å². The number of aryl methyl sites for hydroxylation is 1. The number of rotatable bonds is 5. The molecule has 0 saturated carbocycles. The first-order chi connectivity index (χ1) is 6.83. The van der Waals surface area contributed by atoms with Crippen LogP contribution in [0.5, 0.6) is 0 Å². The van der Waals surface area contributed by atoms with E-state index in [-0.39, 0.29) is 0 Å². The molecule has 0 amide bonds. The first-order valence-corrected chi connectivity index (χ1v) is 5.32. The lowest BCUT2D eigenvalue weighted by atomic mass is 10.1. The first-order valence-electron chi connectivity index (χ1n) is 4.94. The number of hydrogen-bond donors (Lipinski definition) is 0. The molecule has 0 aliphatic carbocycles. The van der Waals surface area contributed by atoms with E-state index in [2.05, 4.69) is 12.1 Å². The van der Waals surface area contributed by atoms with Gasteiger partial charge in [-0.15, -0.1) is 0 Å². The van der Waals surface area contributed by atoms with Crippen molar-refractivity contribution in [3.8, 4) is 6.07 Å². The Morgan fingerprint density at radius 1 is 1.21 bits per heavy atom.